The Morgan fingerprint density at radius 3 is 2.95 bits per heavy atom. The van der Waals surface area contributed by atoms with Crippen LogP contribution in [0, 0.1) is 0 Å². The van der Waals surface area contributed by atoms with E-state index in [1.165, 1.54) is 0 Å². The molecule has 2 N–H and O–H groups in total. The van der Waals surface area contributed by atoms with Gasteiger partial charge in [-0.1, -0.05) is 11.2 Å². The number of methoxy groups -OCH3 is 1. The maximum atomic E-state index is 5.73. The number of rotatable bonds is 4. The van der Waals surface area contributed by atoms with E-state index in [2.05, 4.69) is 15.1 Å². The first-order valence-corrected chi connectivity index (χ1v) is 6.41. The first-order valence-electron chi connectivity index (χ1n) is 6.41. The Morgan fingerprint density at radius 1 is 1.29 bits per heavy atom. The van der Waals surface area contributed by atoms with Crippen molar-refractivity contribution in [3.05, 3.63) is 54.1 Å². The third-order valence-electron chi connectivity index (χ3n) is 3.01. The molecule has 106 valence electrons. The van der Waals surface area contributed by atoms with Gasteiger partial charge in [0, 0.05) is 30.6 Å². The number of aromatic nitrogens is 3. The van der Waals surface area contributed by atoms with Crippen molar-refractivity contribution in [1.29, 1.82) is 0 Å². The Morgan fingerprint density at radius 2 is 2.19 bits per heavy atom. The summed E-state index contributed by atoms with van der Waals surface area (Å²) in [6, 6.07) is 9.13. The van der Waals surface area contributed by atoms with Gasteiger partial charge < -0.3 is 15.0 Å². The standard InChI is InChI=1S/C15H14N4O2/c1-20-13-8-11(16)4-5-12(13)15-18-14(19-21-15)7-10-3-2-6-17-9-10/h2-6,8-9H,7,16H2,1H3. The highest BCUT2D eigenvalue weighted by molar-refractivity contribution is 5.66. The predicted molar refractivity (Wildman–Crippen MR) is 77.7 cm³/mol. The third-order valence-corrected chi connectivity index (χ3v) is 3.01. The van der Waals surface area contributed by atoms with E-state index in [9.17, 15) is 0 Å². The van der Waals surface area contributed by atoms with Crippen LogP contribution in [0.4, 0.5) is 5.69 Å². The Labute approximate surface area is 121 Å². The number of anilines is 1. The smallest absolute Gasteiger partial charge is 0.261 e. The lowest BCUT2D eigenvalue weighted by Gasteiger charge is -2.05. The van der Waals surface area contributed by atoms with Gasteiger partial charge in [-0.3, -0.25) is 4.98 Å². The van der Waals surface area contributed by atoms with E-state index in [0.29, 0.717) is 29.6 Å². The molecular formula is C15H14N4O2. The van der Waals surface area contributed by atoms with Crippen molar-refractivity contribution in [3.63, 3.8) is 0 Å². The van der Waals surface area contributed by atoms with Crippen LogP contribution in [0.3, 0.4) is 0 Å². The number of nitrogens with zero attached hydrogens (tertiary/aromatic N) is 3. The summed E-state index contributed by atoms with van der Waals surface area (Å²) >= 11 is 0. The molecule has 3 aromatic rings. The molecule has 6 nitrogen and oxygen atoms in total. The van der Waals surface area contributed by atoms with Gasteiger partial charge in [-0.2, -0.15) is 4.98 Å². The topological polar surface area (TPSA) is 87.1 Å². The summed E-state index contributed by atoms with van der Waals surface area (Å²) in [6.07, 6.45) is 4.07. The minimum absolute atomic E-state index is 0.408. The summed E-state index contributed by atoms with van der Waals surface area (Å²) < 4.78 is 10.6. The molecule has 0 spiro atoms. The van der Waals surface area contributed by atoms with E-state index >= 15 is 0 Å². The van der Waals surface area contributed by atoms with Crippen LogP contribution in [0.5, 0.6) is 5.75 Å². The third kappa shape index (κ3) is 2.84. The SMILES string of the molecule is COc1cc(N)ccc1-c1nc(Cc2cccnc2)no1. The second kappa shape index (κ2) is 5.62. The van der Waals surface area contributed by atoms with Crippen LogP contribution >= 0.6 is 0 Å². The zero-order valence-electron chi connectivity index (χ0n) is 11.5. The quantitative estimate of drug-likeness (QED) is 0.739. The molecule has 1 aromatic carbocycles. The van der Waals surface area contributed by atoms with Crippen LogP contribution < -0.4 is 10.5 Å². The first-order chi connectivity index (χ1) is 10.3. The molecule has 0 fully saturated rings. The fourth-order valence-corrected chi connectivity index (χ4v) is 2.00. The fourth-order valence-electron chi connectivity index (χ4n) is 2.00. The van der Waals surface area contributed by atoms with Gasteiger partial charge in [-0.05, 0) is 23.8 Å². The molecule has 2 aromatic heterocycles. The highest BCUT2D eigenvalue weighted by atomic mass is 16.5. The van der Waals surface area contributed by atoms with Crippen molar-refractivity contribution in [1.82, 2.24) is 15.1 Å². The average molecular weight is 282 g/mol. The molecule has 0 aliphatic carbocycles. The Balaban J connectivity index is 1.88. The molecule has 0 amide bonds. The normalized spacial score (nSPS) is 10.5. The van der Waals surface area contributed by atoms with Crippen LogP contribution in [-0.2, 0) is 6.42 Å². The molecule has 0 saturated heterocycles. The molecule has 0 aliphatic heterocycles. The first kappa shape index (κ1) is 13.1. The van der Waals surface area contributed by atoms with Gasteiger partial charge in [0.25, 0.3) is 5.89 Å². The Hall–Kier alpha value is -2.89. The number of nitrogen functional groups attached to an aromatic ring is 1. The fraction of sp³-hybridized carbons (Fsp3) is 0.133. The van der Waals surface area contributed by atoms with Crippen molar-refractivity contribution in [3.8, 4) is 17.2 Å². The molecule has 0 saturated carbocycles. The number of ether oxygens (including phenoxy) is 1. The Kier molecular flexibility index (Phi) is 3.51. The number of pyridine rings is 1. The molecule has 0 aliphatic rings. The minimum Gasteiger partial charge on any atom is -0.496 e. The summed E-state index contributed by atoms with van der Waals surface area (Å²) in [5.41, 5.74) is 8.09. The van der Waals surface area contributed by atoms with E-state index in [1.807, 2.05) is 12.1 Å². The van der Waals surface area contributed by atoms with Crippen molar-refractivity contribution in [2.75, 3.05) is 12.8 Å². The van der Waals surface area contributed by atoms with Gasteiger partial charge >= 0.3 is 0 Å². The molecule has 2 heterocycles. The van der Waals surface area contributed by atoms with Crippen LogP contribution in [0.15, 0.2) is 47.2 Å². The maximum absolute atomic E-state index is 5.73. The molecule has 21 heavy (non-hydrogen) atoms. The minimum atomic E-state index is 0.408. The Bertz CT molecular complexity index is 740. The van der Waals surface area contributed by atoms with E-state index in [1.54, 1.807) is 37.7 Å². The van der Waals surface area contributed by atoms with Crippen LogP contribution in [0.25, 0.3) is 11.5 Å². The summed E-state index contributed by atoms with van der Waals surface area (Å²) in [7, 11) is 1.57. The summed E-state index contributed by atoms with van der Waals surface area (Å²) in [5.74, 6) is 1.61. The molecular weight excluding hydrogens is 268 g/mol. The van der Waals surface area contributed by atoms with Gasteiger partial charge in [-0.15, -0.1) is 0 Å². The van der Waals surface area contributed by atoms with Crippen molar-refractivity contribution < 1.29 is 9.26 Å². The number of hydrogen-bond acceptors (Lipinski definition) is 6. The van der Waals surface area contributed by atoms with Crippen molar-refractivity contribution in [2.45, 2.75) is 6.42 Å². The van der Waals surface area contributed by atoms with Crippen molar-refractivity contribution in [2.24, 2.45) is 0 Å². The lowest BCUT2D eigenvalue weighted by Crippen LogP contribution is -1.93. The van der Waals surface area contributed by atoms with Crippen molar-refractivity contribution >= 4 is 5.69 Å². The summed E-state index contributed by atoms with van der Waals surface area (Å²) in [6.45, 7) is 0. The lowest BCUT2D eigenvalue weighted by molar-refractivity contribution is 0.403. The van der Waals surface area contributed by atoms with E-state index in [-0.39, 0.29) is 0 Å². The monoisotopic (exact) mass is 282 g/mol. The lowest BCUT2D eigenvalue weighted by atomic mass is 10.1. The maximum Gasteiger partial charge on any atom is 0.261 e. The van der Waals surface area contributed by atoms with Gasteiger partial charge in [0.1, 0.15) is 5.75 Å². The van der Waals surface area contributed by atoms with Crippen LogP contribution in [0.2, 0.25) is 0 Å². The van der Waals surface area contributed by atoms with Crippen LogP contribution in [0.1, 0.15) is 11.4 Å². The molecule has 0 radical (unpaired) electrons. The zero-order valence-corrected chi connectivity index (χ0v) is 11.5. The largest absolute Gasteiger partial charge is 0.496 e. The van der Waals surface area contributed by atoms with Gasteiger partial charge in [-0.25, -0.2) is 0 Å². The molecule has 3 rings (SSSR count). The second-order valence-corrected chi connectivity index (χ2v) is 4.51. The molecule has 0 unspecified atom stereocenters. The second-order valence-electron chi connectivity index (χ2n) is 4.51. The highest BCUT2D eigenvalue weighted by Crippen LogP contribution is 2.30. The average Bonchev–Trinajstić information content (AvgIpc) is 2.96. The zero-order chi connectivity index (χ0) is 14.7. The van der Waals surface area contributed by atoms with Gasteiger partial charge in [0.15, 0.2) is 5.82 Å². The predicted octanol–water partition coefficient (Wildman–Crippen LogP) is 2.31. The molecule has 6 heteroatoms. The number of benzene rings is 1. The van der Waals surface area contributed by atoms with Crippen LogP contribution in [-0.4, -0.2) is 22.2 Å². The van der Waals surface area contributed by atoms with E-state index in [4.69, 9.17) is 15.0 Å². The number of nitrogens with two attached hydrogens (primary N) is 1. The van der Waals surface area contributed by atoms with Gasteiger partial charge in [0.2, 0.25) is 0 Å². The summed E-state index contributed by atoms with van der Waals surface area (Å²) in [4.78, 5) is 8.45. The molecule has 0 atom stereocenters. The highest BCUT2D eigenvalue weighted by Gasteiger charge is 2.14. The van der Waals surface area contributed by atoms with Gasteiger partial charge in [0.05, 0.1) is 12.7 Å². The number of hydrogen-bond donors (Lipinski definition) is 1. The van der Waals surface area contributed by atoms with E-state index in [0.717, 1.165) is 11.1 Å². The molecule has 0 bridgehead atoms. The summed E-state index contributed by atoms with van der Waals surface area (Å²) in [5, 5.41) is 3.98. The van der Waals surface area contributed by atoms with E-state index < -0.39 is 0 Å².